The number of imidazole rings is 1. The van der Waals surface area contributed by atoms with Gasteiger partial charge in [-0.25, -0.2) is 0 Å². The van der Waals surface area contributed by atoms with Crippen LogP contribution in [0.5, 0.6) is 0 Å². The Bertz CT molecular complexity index is 783. The zero-order chi connectivity index (χ0) is 12.7. The molecule has 0 unspecified atom stereocenters. The van der Waals surface area contributed by atoms with Gasteiger partial charge in [0, 0.05) is 6.20 Å². The van der Waals surface area contributed by atoms with Gasteiger partial charge in [-0.15, -0.1) is 0 Å². The second-order valence-electron chi connectivity index (χ2n) is 4.45. The molecule has 90 valence electrons. The fourth-order valence-electron chi connectivity index (χ4n) is 2.25. The third kappa shape index (κ3) is 1.66. The van der Waals surface area contributed by atoms with E-state index in [0.29, 0.717) is 4.77 Å². The van der Waals surface area contributed by atoms with E-state index in [-0.39, 0.29) is 0 Å². The predicted molar refractivity (Wildman–Crippen MR) is 75.7 cm³/mol. The standard InChI is InChI=1S/C14H13N3S/c1-9-3-4-12(10(2)7-9)17-13-5-6-15-8-11(13)16-14(17)18/h3-8H,1-2H3,(H,16,18). The zero-order valence-electron chi connectivity index (χ0n) is 10.3. The number of hydrogen-bond acceptors (Lipinski definition) is 2. The zero-order valence-corrected chi connectivity index (χ0v) is 11.1. The number of aryl methyl sites for hydroxylation is 2. The summed E-state index contributed by atoms with van der Waals surface area (Å²) in [6.45, 7) is 4.19. The van der Waals surface area contributed by atoms with Gasteiger partial charge in [0.15, 0.2) is 4.77 Å². The predicted octanol–water partition coefficient (Wildman–Crippen LogP) is 3.70. The molecule has 1 aromatic carbocycles. The van der Waals surface area contributed by atoms with Crippen molar-refractivity contribution < 1.29 is 0 Å². The third-order valence-electron chi connectivity index (χ3n) is 3.08. The number of hydrogen-bond donors (Lipinski definition) is 1. The van der Waals surface area contributed by atoms with Crippen LogP contribution in [-0.4, -0.2) is 14.5 Å². The second kappa shape index (κ2) is 4.07. The third-order valence-corrected chi connectivity index (χ3v) is 3.36. The molecular weight excluding hydrogens is 242 g/mol. The summed E-state index contributed by atoms with van der Waals surface area (Å²) in [6.07, 6.45) is 3.58. The van der Waals surface area contributed by atoms with Gasteiger partial charge in [0.25, 0.3) is 0 Å². The SMILES string of the molecule is Cc1ccc(-n2c(=S)[nH]c3cnccc32)c(C)c1. The first-order valence-corrected chi connectivity index (χ1v) is 6.20. The summed E-state index contributed by atoms with van der Waals surface area (Å²) in [6, 6.07) is 8.34. The van der Waals surface area contributed by atoms with Gasteiger partial charge in [0.2, 0.25) is 0 Å². The number of aromatic nitrogens is 3. The molecular formula is C14H13N3S. The van der Waals surface area contributed by atoms with Crippen molar-refractivity contribution in [3.05, 3.63) is 52.6 Å². The summed E-state index contributed by atoms with van der Waals surface area (Å²) in [5.74, 6) is 0. The van der Waals surface area contributed by atoms with Gasteiger partial charge in [-0.2, -0.15) is 0 Å². The number of benzene rings is 1. The number of aromatic amines is 1. The lowest BCUT2D eigenvalue weighted by Crippen LogP contribution is -1.97. The Labute approximate surface area is 110 Å². The van der Waals surface area contributed by atoms with E-state index in [9.17, 15) is 0 Å². The molecule has 0 radical (unpaired) electrons. The first kappa shape index (κ1) is 11.2. The summed E-state index contributed by atoms with van der Waals surface area (Å²) in [4.78, 5) is 7.29. The van der Waals surface area contributed by atoms with Gasteiger partial charge < -0.3 is 4.98 Å². The van der Waals surface area contributed by atoms with Crippen LogP contribution in [0.2, 0.25) is 0 Å². The van der Waals surface area contributed by atoms with Gasteiger partial charge in [0.05, 0.1) is 22.9 Å². The van der Waals surface area contributed by atoms with E-state index in [0.717, 1.165) is 16.7 Å². The molecule has 0 fully saturated rings. The molecule has 0 amide bonds. The first-order chi connectivity index (χ1) is 8.66. The lowest BCUT2D eigenvalue weighted by atomic mass is 10.1. The quantitative estimate of drug-likeness (QED) is 0.673. The Morgan fingerprint density at radius 2 is 2.06 bits per heavy atom. The van der Waals surface area contributed by atoms with Crippen LogP contribution in [0.4, 0.5) is 0 Å². The van der Waals surface area contributed by atoms with Crippen LogP contribution in [0.1, 0.15) is 11.1 Å². The summed E-state index contributed by atoms with van der Waals surface area (Å²) < 4.78 is 2.76. The number of nitrogens with one attached hydrogen (secondary N) is 1. The van der Waals surface area contributed by atoms with Crippen LogP contribution in [0.15, 0.2) is 36.7 Å². The van der Waals surface area contributed by atoms with Crippen molar-refractivity contribution in [1.82, 2.24) is 14.5 Å². The van der Waals surface area contributed by atoms with Gasteiger partial charge in [-0.1, -0.05) is 17.7 Å². The van der Waals surface area contributed by atoms with E-state index in [1.807, 2.05) is 6.07 Å². The number of fused-ring (bicyclic) bond motifs is 1. The molecule has 18 heavy (non-hydrogen) atoms. The Morgan fingerprint density at radius 1 is 1.22 bits per heavy atom. The van der Waals surface area contributed by atoms with Crippen molar-refractivity contribution in [3.63, 3.8) is 0 Å². The molecule has 0 saturated carbocycles. The van der Waals surface area contributed by atoms with Crippen LogP contribution >= 0.6 is 12.2 Å². The molecule has 0 aliphatic carbocycles. The molecule has 3 nitrogen and oxygen atoms in total. The van der Waals surface area contributed by atoms with Crippen molar-refractivity contribution >= 4 is 23.3 Å². The molecule has 0 aliphatic rings. The molecule has 2 heterocycles. The minimum atomic E-state index is 0.699. The highest BCUT2D eigenvalue weighted by Crippen LogP contribution is 2.22. The maximum absolute atomic E-state index is 5.41. The van der Waals surface area contributed by atoms with Crippen LogP contribution in [0, 0.1) is 18.6 Å². The average Bonchev–Trinajstić information content (AvgIpc) is 2.66. The Kier molecular flexibility index (Phi) is 2.52. The highest BCUT2D eigenvalue weighted by Gasteiger charge is 2.08. The highest BCUT2D eigenvalue weighted by molar-refractivity contribution is 7.71. The summed E-state index contributed by atoms with van der Waals surface area (Å²) >= 11 is 5.41. The van der Waals surface area contributed by atoms with Gasteiger partial charge in [0.1, 0.15) is 0 Å². The summed E-state index contributed by atoms with van der Waals surface area (Å²) in [5.41, 5.74) is 5.60. The van der Waals surface area contributed by atoms with Crippen molar-refractivity contribution in [2.75, 3.05) is 0 Å². The minimum Gasteiger partial charge on any atom is -0.329 e. The maximum Gasteiger partial charge on any atom is 0.182 e. The molecule has 0 atom stereocenters. The maximum atomic E-state index is 5.41. The van der Waals surface area contributed by atoms with E-state index >= 15 is 0 Å². The lowest BCUT2D eigenvalue weighted by molar-refractivity contribution is 1.05. The highest BCUT2D eigenvalue weighted by atomic mass is 32.1. The molecule has 3 aromatic rings. The first-order valence-electron chi connectivity index (χ1n) is 5.79. The Hall–Kier alpha value is -1.94. The average molecular weight is 255 g/mol. The lowest BCUT2D eigenvalue weighted by Gasteiger charge is -2.09. The monoisotopic (exact) mass is 255 g/mol. The van der Waals surface area contributed by atoms with E-state index < -0.39 is 0 Å². The molecule has 0 spiro atoms. The van der Waals surface area contributed by atoms with Gasteiger partial charge in [-0.3, -0.25) is 9.55 Å². The van der Waals surface area contributed by atoms with Crippen LogP contribution in [0.3, 0.4) is 0 Å². The van der Waals surface area contributed by atoms with E-state index in [1.54, 1.807) is 12.4 Å². The van der Waals surface area contributed by atoms with Crippen molar-refractivity contribution in [3.8, 4) is 5.69 Å². The fourth-order valence-corrected chi connectivity index (χ4v) is 2.56. The largest absolute Gasteiger partial charge is 0.329 e. The van der Waals surface area contributed by atoms with Crippen molar-refractivity contribution in [2.45, 2.75) is 13.8 Å². The number of nitrogens with zero attached hydrogens (tertiary/aromatic N) is 2. The van der Waals surface area contributed by atoms with Gasteiger partial charge in [-0.05, 0) is 43.8 Å². The molecule has 0 aliphatic heterocycles. The van der Waals surface area contributed by atoms with Crippen molar-refractivity contribution in [2.24, 2.45) is 0 Å². The molecule has 0 bridgehead atoms. The van der Waals surface area contributed by atoms with E-state index in [4.69, 9.17) is 12.2 Å². The number of rotatable bonds is 1. The number of H-pyrrole nitrogens is 1. The summed E-state index contributed by atoms with van der Waals surface area (Å²) in [7, 11) is 0. The minimum absolute atomic E-state index is 0.699. The normalized spacial score (nSPS) is 11.0. The topological polar surface area (TPSA) is 33.6 Å². The molecule has 4 heteroatoms. The molecule has 0 saturated heterocycles. The molecule has 3 rings (SSSR count). The smallest absolute Gasteiger partial charge is 0.182 e. The Balaban J connectivity index is 2.38. The fraction of sp³-hybridized carbons (Fsp3) is 0.143. The summed E-state index contributed by atoms with van der Waals surface area (Å²) in [5, 5.41) is 0. The van der Waals surface area contributed by atoms with Crippen LogP contribution in [-0.2, 0) is 0 Å². The van der Waals surface area contributed by atoms with Crippen LogP contribution < -0.4 is 0 Å². The van der Waals surface area contributed by atoms with Crippen LogP contribution in [0.25, 0.3) is 16.7 Å². The molecule has 2 aromatic heterocycles. The van der Waals surface area contributed by atoms with E-state index in [1.165, 1.54) is 11.1 Å². The second-order valence-corrected chi connectivity index (χ2v) is 4.84. The molecule has 1 N–H and O–H groups in total. The van der Waals surface area contributed by atoms with E-state index in [2.05, 4.69) is 46.6 Å². The van der Waals surface area contributed by atoms with Gasteiger partial charge >= 0.3 is 0 Å². The van der Waals surface area contributed by atoms with Crippen molar-refractivity contribution in [1.29, 1.82) is 0 Å². The Morgan fingerprint density at radius 3 is 2.83 bits per heavy atom. The number of pyridine rings is 1.